The lowest BCUT2D eigenvalue weighted by molar-refractivity contribution is 0.416. The van der Waals surface area contributed by atoms with Crippen LogP contribution in [0.25, 0.3) is 11.3 Å². The third-order valence-electron chi connectivity index (χ3n) is 2.79. The maximum Gasteiger partial charge on any atom is 0.191 e. The lowest BCUT2D eigenvalue weighted by Gasteiger charge is -2.08. The normalized spacial score (nSPS) is 10.7. The van der Waals surface area contributed by atoms with Crippen molar-refractivity contribution in [3.05, 3.63) is 35.4 Å². The molecule has 0 aliphatic rings. The smallest absolute Gasteiger partial charge is 0.191 e. The van der Waals surface area contributed by atoms with Gasteiger partial charge in [0.05, 0.1) is 7.11 Å². The Labute approximate surface area is 107 Å². The van der Waals surface area contributed by atoms with E-state index in [4.69, 9.17) is 14.9 Å². The number of aryl methyl sites for hydroxylation is 2. The summed E-state index contributed by atoms with van der Waals surface area (Å²) in [5.74, 6) is 2.27. The molecule has 0 atom stereocenters. The Morgan fingerprint density at radius 1 is 1.33 bits per heavy atom. The van der Waals surface area contributed by atoms with E-state index in [1.54, 1.807) is 7.11 Å². The maximum atomic E-state index is 5.60. The van der Waals surface area contributed by atoms with E-state index in [-0.39, 0.29) is 0 Å². The highest BCUT2D eigenvalue weighted by atomic mass is 16.5. The molecule has 4 heteroatoms. The van der Waals surface area contributed by atoms with Crippen LogP contribution in [0.4, 0.5) is 0 Å². The van der Waals surface area contributed by atoms with Crippen LogP contribution in [-0.2, 0) is 6.42 Å². The number of oxazole rings is 1. The van der Waals surface area contributed by atoms with Crippen molar-refractivity contribution in [2.75, 3.05) is 13.7 Å². The summed E-state index contributed by atoms with van der Waals surface area (Å²) in [6.07, 6.45) is 0.674. The maximum absolute atomic E-state index is 5.60. The lowest BCUT2D eigenvalue weighted by Crippen LogP contribution is -2.03. The summed E-state index contributed by atoms with van der Waals surface area (Å²) in [7, 11) is 1.66. The van der Waals surface area contributed by atoms with Gasteiger partial charge in [-0.3, -0.25) is 0 Å². The molecule has 1 aromatic carbocycles. The zero-order chi connectivity index (χ0) is 13.1. The molecule has 0 amide bonds. The Bertz CT molecular complexity index is 547. The Balaban J connectivity index is 2.56. The Hall–Kier alpha value is -1.81. The molecule has 0 aliphatic carbocycles. The number of methoxy groups -OCH3 is 1. The highest BCUT2D eigenvalue weighted by Crippen LogP contribution is 2.33. The monoisotopic (exact) mass is 246 g/mol. The topological polar surface area (TPSA) is 61.3 Å². The average Bonchev–Trinajstić information content (AvgIpc) is 2.71. The van der Waals surface area contributed by atoms with Crippen molar-refractivity contribution in [2.24, 2.45) is 5.73 Å². The lowest BCUT2D eigenvalue weighted by atomic mass is 10.1. The molecule has 0 saturated carbocycles. The van der Waals surface area contributed by atoms with Crippen LogP contribution in [0, 0.1) is 13.8 Å². The van der Waals surface area contributed by atoms with Gasteiger partial charge in [0, 0.05) is 18.9 Å². The standard InChI is InChI=1S/C14H18N2O2/c1-9-4-5-12(17-3)11(8-9)14-13(6-7-15)18-10(2)16-14/h4-5,8H,6-7,15H2,1-3H3. The van der Waals surface area contributed by atoms with Crippen LogP contribution in [0.1, 0.15) is 17.2 Å². The fourth-order valence-corrected chi connectivity index (χ4v) is 1.99. The second-order valence-corrected chi connectivity index (χ2v) is 4.25. The number of nitrogens with two attached hydrogens (primary N) is 1. The second-order valence-electron chi connectivity index (χ2n) is 4.25. The molecule has 1 heterocycles. The molecule has 2 rings (SSSR count). The minimum Gasteiger partial charge on any atom is -0.496 e. The summed E-state index contributed by atoms with van der Waals surface area (Å²) in [4.78, 5) is 4.45. The summed E-state index contributed by atoms with van der Waals surface area (Å²) >= 11 is 0. The molecule has 0 saturated heterocycles. The summed E-state index contributed by atoms with van der Waals surface area (Å²) in [5, 5.41) is 0. The summed E-state index contributed by atoms with van der Waals surface area (Å²) in [6, 6.07) is 6.01. The molecule has 0 bridgehead atoms. The van der Waals surface area contributed by atoms with E-state index in [1.165, 1.54) is 0 Å². The van der Waals surface area contributed by atoms with E-state index in [2.05, 4.69) is 11.1 Å². The minimum atomic E-state index is 0.537. The summed E-state index contributed by atoms with van der Waals surface area (Å²) < 4.78 is 11.0. The number of rotatable bonds is 4. The first kappa shape index (κ1) is 12.6. The Morgan fingerprint density at radius 3 is 2.78 bits per heavy atom. The molecule has 0 fully saturated rings. The van der Waals surface area contributed by atoms with Gasteiger partial charge in [-0.25, -0.2) is 4.98 Å². The fourth-order valence-electron chi connectivity index (χ4n) is 1.99. The van der Waals surface area contributed by atoms with Gasteiger partial charge in [0.15, 0.2) is 5.89 Å². The van der Waals surface area contributed by atoms with Crippen molar-refractivity contribution in [3.63, 3.8) is 0 Å². The molecule has 2 aromatic rings. The molecule has 0 aliphatic heterocycles. The predicted octanol–water partition coefficient (Wildman–Crippen LogP) is 2.47. The zero-order valence-electron chi connectivity index (χ0n) is 11.0. The molecule has 18 heavy (non-hydrogen) atoms. The minimum absolute atomic E-state index is 0.537. The van der Waals surface area contributed by atoms with Gasteiger partial charge in [0.25, 0.3) is 0 Å². The number of ether oxygens (including phenoxy) is 1. The number of nitrogens with zero attached hydrogens (tertiary/aromatic N) is 1. The highest BCUT2D eigenvalue weighted by molar-refractivity contribution is 5.69. The first-order valence-electron chi connectivity index (χ1n) is 5.97. The Kier molecular flexibility index (Phi) is 3.67. The molecular formula is C14H18N2O2. The first-order valence-corrected chi connectivity index (χ1v) is 5.97. The van der Waals surface area contributed by atoms with E-state index < -0.39 is 0 Å². The van der Waals surface area contributed by atoms with Crippen molar-refractivity contribution < 1.29 is 9.15 Å². The van der Waals surface area contributed by atoms with E-state index in [1.807, 2.05) is 26.0 Å². The fraction of sp³-hybridized carbons (Fsp3) is 0.357. The predicted molar refractivity (Wildman–Crippen MR) is 70.7 cm³/mol. The number of hydrogen-bond acceptors (Lipinski definition) is 4. The van der Waals surface area contributed by atoms with Crippen LogP contribution in [0.3, 0.4) is 0 Å². The molecular weight excluding hydrogens is 228 g/mol. The third-order valence-corrected chi connectivity index (χ3v) is 2.79. The van der Waals surface area contributed by atoms with Crippen molar-refractivity contribution in [3.8, 4) is 17.0 Å². The number of hydrogen-bond donors (Lipinski definition) is 1. The van der Waals surface area contributed by atoms with Gasteiger partial charge >= 0.3 is 0 Å². The van der Waals surface area contributed by atoms with Crippen molar-refractivity contribution in [1.29, 1.82) is 0 Å². The SMILES string of the molecule is COc1ccc(C)cc1-c1nc(C)oc1CCN. The first-order chi connectivity index (χ1) is 8.65. The van der Waals surface area contributed by atoms with Crippen LogP contribution < -0.4 is 10.5 Å². The summed E-state index contributed by atoms with van der Waals surface area (Å²) in [5.41, 5.74) is 8.54. The Morgan fingerprint density at radius 2 is 2.11 bits per heavy atom. The van der Waals surface area contributed by atoms with Crippen LogP contribution in [-0.4, -0.2) is 18.6 Å². The average molecular weight is 246 g/mol. The van der Waals surface area contributed by atoms with E-state index in [0.29, 0.717) is 18.9 Å². The van der Waals surface area contributed by atoms with Crippen molar-refractivity contribution in [1.82, 2.24) is 4.98 Å². The summed E-state index contributed by atoms with van der Waals surface area (Å²) in [6.45, 7) is 4.42. The molecule has 0 spiro atoms. The third kappa shape index (κ3) is 2.38. The van der Waals surface area contributed by atoms with E-state index >= 15 is 0 Å². The van der Waals surface area contributed by atoms with E-state index in [9.17, 15) is 0 Å². The number of benzene rings is 1. The largest absolute Gasteiger partial charge is 0.496 e. The van der Waals surface area contributed by atoms with Gasteiger partial charge in [-0.05, 0) is 25.6 Å². The number of aromatic nitrogens is 1. The molecule has 0 unspecified atom stereocenters. The van der Waals surface area contributed by atoms with Crippen molar-refractivity contribution >= 4 is 0 Å². The molecule has 1 aromatic heterocycles. The molecule has 0 radical (unpaired) electrons. The highest BCUT2D eigenvalue weighted by Gasteiger charge is 2.16. The van der Waals surface area contributed by atoms with Gasteiger partial charge in [-0.2, -0.15) is 0 Å². The molecule has 96 valence electrons. The quantitative estimate of drug-likeness (QED) is 0.900. The zero-order valence-corrected chi connectivity index (χ0v) is 11.0. The van der Waals surface area contributed by atoms with Crippen LogP contribution in [0.2, 0.25) is 0 Å². The molecule has 2 N–H and O–H groups in total. The van der Waals surface area contributed by atoms with Crippen molar-refractivity contribution in [2.45, 2.75) is 20.3 Å². The van der Waals surface area contributed by atoms with Gasteiger partial charge in [0.2, 0.25) is 0 Å². The van der Waals surface area contributed by atoms with E-state index in [0.717, 1.165) is 28.3 Å². The molecule has 4 nitrogen and oxygen atoms in total. The second kappa shape index (κ2) is 5.23. The van der Waals surface area contributed by atoms with Gasteiger partial charge < -0.3 is 14.9 Å². The van der Waals surface area contributed by atoms with Gasteiger partial charge in [-0.15, -0.1) is 0 Å². The van der Waals surface area contributed by atoms with Crippen LogP contribution >= 0.6 is 0 Å². The van der Waals surface area contributed by atoms with Crippen LogP contribution in [0.15, 0.2) is 22.6 Å². The van der Waals surface area contributed by atoms with Crippen LogP contribution in [0.5, 0.6) is 5.75 Å². The van der Waals surface area contributed by atoms with Gasteiger partial charge in [-0.1, -0.05) is 11.6 Å². The van der Waals surface area contributed by atoms with Gasteiger partial charge in [0.1, 0.15) is 17.2 Å².